The molecule has 8 heteroatoms. The van der Waals surface area contributed by atoms with Crippen LogP contribution in [0.3, 0.4) is 0 Å². The molecule has 28 heavy (non-hydrogen) atoms. The molecular formula is C20H17FN3O3P. The molecule has 1 aliphatic heterocycles. The number of nitrogens with zero attached hydrogens (tertiary/aromatic N) is 1. The van der Waals surface area contributed by atoms with Crippen molar-refractivity contribution in [3.05, 3.63) is 90.2 Å². The van der Waals surface area contributed by atoms with Crippen molar-refractivity contribution in [3.63, 3.8) is 0 Å². The van der Waals surface area contributed by atoms with Gasteiger partial charge in [0.1, 0.15) is 11.6 Å². The number of amides is 2. The van der Waals surface area contributed by atoms with E-state index in [0.29, 0.717) is 17.1 Å². The summed E-state index contributed by atoms with van der Waals surface area (Å²) in [7, 11) is -3.84. The highest BCUT2D eigenvalue weighted by Crippen LogP contribution is 2.54. The molecule has 0 aromatic heterocycles. The second-order valence-corrected chi connectivity index (χ2v) is 8.12. The van der Waals surface area contributed by atoms with E-state index in [1.807, 2.05) is 18.2 Å². The summed E-state index contributed by atoms with van der Waals surface area (Å²) in [6.07, 6.45) is 0. The molecule has 0 bridgehead atoms. The molecule has 0 saturated carbocycles. The quantitative estimate of drug-likeness (QED) is 0.600. The van der Waals surface area contributed by atoms with Gasteiger partial charge in [-0.15, -0.1) is 0 Å². The molecule has 2 amide bonds. The molecule has 2 N–H and O–H groups in total. The van der Waals surface area contributed by atoms with Gasteiger partial charge >= 0.3 is 13.7 Å². The van der Waals surface area contributed by atoms with Crippen LogP contribution in [0.2, 0.25) is 0 Å². The number of carbonyl (C=O) groups is 1. The Morgan fingerprint density at radius 3 is 2.39 bits per heavy atom. The lowest BCUT2D eigenvalue weighted by atomic mass is 10.2. The molecule has 4 rings (SSSR count). The van der Waals surface area contributed by atoms with Gasteiger partial charge in [-0.2, -0.15) is 0 Å². The molecule has 1 aliphatic rings. The van der Waals surface area contributed by atoms with Crippen molar-refractivity contribution in [2.24, 2.45) is 0 Å². The van der Waals surface area contributed by atoms with Gasteiger partial charge in [-0.05, 0) is 42.5 Å². The van der Waals surface area contributed by atoms with Crippen LogP contribution in [0.4, 0.5) is 20.6 Å². The number of nitrogens with one attached hydrogen (secondary N) is 2. The molecule has 3 aromatic rings. The van der Waals surface area contributed by atoms with Crippen molar-refractivity contribution in [3.8, 4) is 5.75 Å². The van der Waals surface area contributed by atoms with Crippen molar-refractivity contribution in [1.29, 1.82) is 0 Å². The minimum Gasteiger partial charge on any atom is -0.413 e. The Labute approximate surface area is 161 Å². The van der Waals surface area contributed by atoms with E-state index in [1.54, 1.807) is 36.4 Å². The van der Waals surface area contributed by atoms with Gasteiger partial charge in [0, 0.05) is 16.9 Å². The van der Waals surface area contributed by atoms with Gasteiger partial charge in [-0.3, -0.25) is 4.67 Å². The van der Waals surface area contributed by atoms with E-state index in [1.165, 1.54) is 28.9 Å². The monoisotopic (exact) mass is 397 g/mol. The zero-order valence-electron chi connectivity index (χ0n) is 14.7. The van der Waals surface area contributed by atoms with Crippen molar-refractivity contribution >= 4 is 25.1 Å². The van der Waals surface area contributed by atoms with Crippen LogP contribution in [-0.2, 0) is 11.1 Å². The largest absolute Gasteiger partial charge is 0.450 e. The van der Waals surface area contributed by atoms with Crippen LogP contribution >= 0.6 is 7.67 Å². The highest BCUT2D eigenvalue weighted by Gasteiger charge is 2.40. The van der Waals surface area contributed by atoms with Crippen molar-refractivity contribution in [1.82, 2.24) is 5.09 Å². The number of hydrogen-bond acceptors (Lipinski definition) is 3. The smallest absolute Gasteiger partial charge is 0.413 e. The van der Waals surface area contributed by atoms with Gasteiger partial charge in [-0.25, -0.2) is 18.8 Å². The lowest BCUT2D eigenvalue weighted by molar-refractivity contribution is 0.255. The van der Waals surface area contributed by atoms with Gasteiger partial charge < -0.3 is 9.84 Å². The Hall–Kier alpha value is -3.31. The van der Waals surface area contributed by atoms with Gasteiger partial charge in [0.15, 0.2) is 0 Å². The first-order valence-electron chi connectivity index (χ1n) is 8.59. The molecule has 0 saturated heterocycles. The third-order valence-corrected chi connectivity index (χ3v) is 6.17. The normalized spacial score (nSPS) is 18.0. The van der Waals surface area contributed by atoms with E-state index in [-0.39, 0.29) is 6.54 Å². The molecule has 1 unspecified atom stereocenters. The Bertz CT molecular complexity index is 1040. The standard InChI is InChI=1S/C20H17FN3O3P/c21-16-10-12-18(13-11-16)24-14-15-6-4-5-9-19(15)27-28(24,26)23-20(25)22-17-7-2-1-3-8-17/h1-13H,14H2,(H2,22,23,25,26). The SMILES string of the molecule is O=C(Nc1ccccc1)NP1(=O)Oc2ccccc2CN1c1ccc(F)cc1. The van der Waals surface area contributed by atoms with Crippen LogP contribution in [0.15, 0.2) is 78.9 Å². The average Bonchev–Trinajstić information content (AvgIpc) is 2.68. The number of anilines is 2. The van der Waals surface area contributed by atoms with Crippen molar-refractivity contribution in [2.75, 3.05) is 9.99 Å². The fourth-order valence-corrected chi connectivity index (χ4v) is 4.71. The highest BCUT2D eigenvalue weighted by molar-refractivity contribution is 7.59. The summed E-state index contributed by atoms with van der Waals surface area (Å²) in [6, 6.07) is 20.8. The summed E-state index contributed by atoms with van der Waals surface area (Å²) < 4.78 is 34.2. The van der Waals surface area contributed by atoms with E-state index >= 15 is 0 Å². The van der Waals surface area contributed by atoms with E-state index in [4.69, 9.17) is 4.52 Å². The topological polar surface area (TPSA) is 70.7 Å². The molecular weight excluding hydrogens is 380 g/mol. The molecule has 6 nitrogen and oxygen atoms in total. The highest BCUT2D eigenvalue weighted by atomic mass is 31.2. The summed E-state index contributed by atoms with van der Waals surface area (Å²) in [5.41, 5.74) is 1.83. The number of rotatable bonds is 3. The third-order valence-electron chi connectivity index (χ3n) is 4.23. The van der Waals surface area contributed by atoms with Gasteiger partial charge in [0.25, 0.3) is 0 Å². The Balaban J connectivity index is 1.65. The van der Waals surface area contributed by atoms with Crippen molar-refractivity contribution < 1.29 is 18.3 Å². The van der Waals surface area contributed by atoms with Crippen LogP contribution in [-0.4, -0.2) is 6.03 Å². The predicted octanol–water partition coefficient (Wildman–Crippen LogP) is 5.15. The van der Waals surface area contributed by atoms with Crippen LogP contribution in [0.25, 0.3) is 0 Å². The first-order valence-corrected chi connectivity index (χ1v) is 10.2. The fraction of sp³-hybridized carbons (Fsp3) is 0.0500. The average molecular weight is 397 g/mol. The van der Waals surface area contributed by atoms with Crippen LogP contribution in [0.1, 0.15) is 5.56 Å². The number of para-hydroxylation sites is 2. The maximum absolute atomic E-state index is 13.7. The van der Waals surface area contributed by atoms with Gasteiger partial charge in [0.2, 0.25) is 0 Å². The van der Waals surface area contributed by atoms with Crippen molar-refractivity contribution in [2.45, 2.75) is 6.54 Å². The van der Waals surface area contributed by atoms with E-state index in [9.17, 15) is 13.8 Å². The maximum atomic E-state index is 13.7. The van der Waals surface area contributed by atoms with E-state index < -0.39 is 19.5 Å². The minimum absolute atomic E-state index is 0.241. The maximum Gasteiger partial charge on any atom is 0.450 e. The first-order chi connectivity index (χ1) is 13.5. The second kappa shape index (κ2) is 7.37. The summed E-state index contributed by atoms with van der Waals surface area (Å²) in [4.78, 5) is 12.5. The number of halogens is 1. The molecule has 1 heterocycles. The summed E-state index contributed by atoms with van der Waals surface area (Å²) in [6.45, 7) is 0.241. The molecule has 3 aromatic carbocycles. The molecule has 1 atom stereocenters. The molecule has 0 aliphatic carbocycles. The second-order valence-electron chi connectivity index (χ2n) is 6.19. The lowest BCUT2D eigenvalue weighted by Gasteiger charge is -2.37. The first kappa shape index (κ1) is 18.1. The van der Waals surface area contributed by atoms with E-state index in [0.717, 1.165) is 5.56 Å². The number of urea groups is 1. The Morgan fingerprint density at radius 2 is 1.64 bits per heavy atom. The summed E-state index contributed by atoms with van der Waals surface area (Å²) >= 11 is 0. The fourth-order valence-electron chi connectivity index (χ4n) is 2.91. The third kappa shape index (κ3) is 3.70. The Morgan fingerprint density at radius 1 is 0.964 bits per heavy atom. The van der Waals surface area contributed by atoms with Crippen LogP contribution in [0, 0.1) is 5.82 Å². The zero-order valence-corrected chi connectivity index (χ0v) is 15.6. The molecule has 142 valence electrons. The molecule has 0 fully saturated rings. The number of carbonyl (C=O) groups excluding carboxylic acids is 1. The summed E-state index contributed by atoms with van der Waals surface area (Å²) in [5, 5.41) is 5.09. The summed E-state index contributed by atoms with van der Waals surface area (Å²) in [5.74, 6) is 0.0240. The number of hydrogen-bond donors (Lipinski definition) is 2. The van der Waals surface area contributed by atoms with Crippen LogP contribution < -0.4 is 19.6 Å². The van der Waals surface area contributed by atoms with Gasteiger partial charge in [-0.1, -0.05) is 36.4 Å². The van der Waals surface area contributed by atoms with Gasteiger partial charge in [0.05, 0.1) is 6.54 Å². The van der Waals surface area contributed by atoms with E-state index in [2.05, 4.69) is 10.4 Å². The molecule has 0 spiro atoms. The number of benzene rings is 3. The number of fused-ring (bicyclic) bond motifs is 1. The minimum atomic E-state index is -3.84. The molecule has 0 radical (unpaired) electrons. The predicted molar refractivity (Wildman–Crippen MR) is 106 cm³/mol. The van der Waals surface area contributed by atoms with Crippen LogP contribution in [0.5, 0.6) is 5.75 Å². The lowest BCUT2D eigenvalue weighted by Crippen LogP contribution is -2.38. The Kier molecular flexibility index (Phi) is 4.75. The zero-order chi connectivity index (χ0) is 19.6.